The number of hydrogen-bond donors (Lipinski definition) is 2. The van der Waals surface area contributed by atoms with Crippen molar-refractivity contribution in [2.24, 2.45) is 0 Å². The SMILES string of the molecule is COc1ccc(CCNc2ccc(NC(=O)COc3cccc(OC)c3)cn2)cc1. The number of anilines is 2. The molecule has 0 radical (unpaired) electrons. The van der Waals surface area contributed by atoms with Crippen molar-refractivity contribution >= 4 is 17.4 Å². The maximum atomic E-state index is 12.1. The second-order valence-electron chi connectivity index (χ2n) is 6.47. The Morgan fingerprint density at radius 1 is 0.933 bits per heavy atom. The fourth-order valence-corrected chi connectivity index (χ4v) is 2.74. The first-order valence-electron chi connectivity index (χ1n) is 9.56. The number of ether oxygens (including phenoxy) is 3. The lowest BCUT2D eigenvalue weighted by molar-refractivity contribution is -0.118. The van der Waals surface area contributed by atoms with Crippen LogP contribution in [0.3, 0.4) is 0 Å². The summed E-state index contributed by atoms with van der Waals surface area (Å²) in [5, 5.41) is 6.03. The summed E-state index contributed by atoms with van der Waals surface area (Å²) >= 11 is 0. The van der Waals surface area contributed by atoms with Crippen LogP contribution < -0.4 is 24.8 Å². The van der Waals surface area contributed by atoms with Gasteiger partial charge in [-0.15, -0.1) is 0 Å². The third kappa shape index (κ3) is 6.41. The number of carbonyl (C=O) groups is 1. The summed E-state index contributed by atoms with van der Waals surface area (Å²) in [7, 11) is 3.23. The number of carbonyl (C=O) groups excluding carboxylic acids is 1. The fraction of sp³-hybridized carbons (Fsp3) is 0.217. The van der Waals surface area contributed by atoms with Gasteiger partial charge in [0.2, 0.25) is 0 Å². The van der Waals surface area contributed by atoms with Gasteiger partial charge in [-0.2, -0.15) is 0 Å². The average Bonchev–Trinajstić information content (AvgIpc) is 2.79. The van der Waals surface area contributed by atoms with Crippen LogP contribution in [0.2, 0.25) is 0 Å². The number of pyridine rings is 1. The highest BCUT2D eigenvalue weighted by atomic mass is 16.5. The van der Waals surface area contributed by atoms with Gasteiger partial charge in [-0.1, -0.05) is 18.2 Å². The lowest BCUT2D eigenvalue weighted by Gasteiger charge is -2.10. The molecule has 3 rings (SSSR count). The summed E-state index contributed by atoms with van der Waals surface area (Å²) in [5.74, 6) is 2.57. The van der Waals surface area contributed by atoms with Crippen LogP contribution in [0.5, 0.6) is 17.2 Å². The Bertz CT molecular complexity index is 943. The minimum Gasteiger partial charge on any atom is -0.497 e. The van der Waals surface area contributed by atoms with E-state index in [1.54, 1.807) is 44.7 Å². The zero-order valence-electron chi connectivity index (χ0n) is 17.1. The van der Waals surface area contributed by atoms with Crippen LogP contribution in [-0.2, 0) is 11.2 Å². The third-order valence-corrected chi connectivity index (χ3v) is 4.34. The first kappa shape index (κ1) is 21.0. The van der Waals surface area contributed by atoms with Gasteiger partial charge in [-0.25, -0.2) is 4.98 Å². The van der Waals surface area contributed by atoms with Crippen molar-refractivity contribution in [1.82, 2.24) is 4.98 Å². The van der Waals surface area contributed by atoms with E-state index in [0.717, 1.165) is 24.5 Å². The van der Waals surface area contributed by atoms with Gasteiger partial charge in [0.15, 0.2) is 6.61 Å². The molecule has 30 heavy (non-hydrogen) atoms. The van der Waals surface area contributed by atoms with Gasteiger partial charge in [0, 0.05) is 12.6 Å². The van der Waals surface area contributed by atoms with Gasteiger partial charge in [0.1, 0.15) is 23.1 Å². The number of rotatable bonds is 10. The summed E-state index contributed by atoms with van der Waals surface area (Å²) in [6, 6.07) is 18.7. The monoisotopic (exact) mass is 407 g/mol. The van der Waals surface area contributed by atoms with Crippen molar-refractivity contribution < 1.29 is 19.0 Å². The molecule has 7 heteroatoms. The molecule has 3 aromatic rings. The second kappa shape index (κ2) is 10.7. The predicted molar refractivity (Wildman–Crippen MR) is 117 cm³/mol. The molecule has 2 aromatic carbocycles. The summed E-state index contributed by atoms with van der Waals surface area (Å²) < 4.78 is 15.8. The zero-order valence-corrected chi connectivity index (χ0v) is 17.1. The largest absolute Gasteiger partial charge is 0.497 e. The number of methoxy groups -OCH3 is 2. The summed E-state index contributed by atoms with van der Waals surface area (Å²) in [6.45, 7) is 0.647. The Morgan fingerprint density at radius 3 is 2.40 bits per heavy atom. The molecule has 0 unspecified atom stereocenters. The van der Waals surface area contributed by atoms with E-state index < -0.39 is 0 Å². The lowest BCUT2D eigenvalue weighted by atomic mass is 10.1. The van der Waals surface area contributed by atoms with Gasteiger partial charge in [0.25, 0.3) is 5.91 Å². The molecule has 156 valence electrons. The van der Waals surface area contributed by atoms with E-state index in [9.17, 15) is 4.79 Å². The number of nitrogens with one attached hydrogen (secondary N) is 2. The molecule has 1 heterocycles. The van der Waals surface area contributed by atoms with Crippen molar-refractivity contribution in [2.75, 3.05) is 38.0 Å². The van der Waals surface area contributed by atoms with Crippen molar-refractivity contribution in [3.63, 3.8) is 0 Å². The highest BCUT2D eigenvalue weighted by molar-refractivity contribution is 5.91. The maximum Gasteiger partial charge on any atom is 0.262 e. The Hall–Kier alpha value is -3.74. The van der Waals surface area contributed by atoms with Crippen molar-refractivity contribution in [3.05, 3.63) is 72.4 Å². The quantitative estimate of drug-likeness (QED) is 0.532. The summed E-state index contributed by atoms with van der Waals surface area (Å²) in [5.41, 5.74) is 1.82. The van der Waals surface area contributed by atoms with Crippen molar-refractivity contribution in [1.29, 1.82) is 0 Å². The molecule has 1 aromatic heterocycles. The molecular weight excluding hydrogens is 382 g/mol. The molecule has 0 bridgehead atoms. The lowest BCUT2D eigenvalue weighted by Crippen LogP contribution is -2.20. The molecule has 0 aliphatic carbocycles. The number of amides is 1. The minimum absolute atomic E-state index is 0.102. The molecule has 0 saturated carbocycles. The standard InChI is InChI=1S/C23H25N3O4/c1-28-19-9-6-17(7-10-19)12-13-24-22-11-8-18(15-25-22)26-23(27)16-30-21-5-3-4-20(14-21)29-2/h3-11,14-15H,12-13,16H2,1-2H3,(H,24,25)(H,26,27). The van der Waals surface area contributed by atoms with Crippen LogP contribution >= 0.6 is 0 Å². The van der Waals surface area contributed by atoms with E-state index >= 15 is 0 Å². The van der Waals surface area contributed by atoms with E-state index in [0.29, 0.717) is 17.2 Å². The molecule has 7 nitrogen and oxygen atoms in total. The molecule has 2 N–H and O–H groups in total. The highest BCUT2D eigenvalue weighted by Gasteiger charge is 2.05. The number of benzene rings is 2. The maximum absolute atomic E-state index is 12.1. The molecule has 1 amide bonds. The topological polar surface area (TPSA) is 81.7 Å². The van der Waals surface area contributed by atoms with Crippen LogP contribution in [0.15, 0.2) is 66.9 Å². The first-order chi connectivity index (χ1) is 14.7. The molecule has 0 atom stereocenters. The Kier molecular flexibility index (Phi) is 7.49. The van der Waals surface area contributed by atoms with Gasteiger partial charge < -0.3 is 24.8 Å². The van der Waals surface area contributed by atoms with Crippen molar-refractivity contribution in [3.8, 4) is 17.2 Å². The van der Waals surface area contributed by atoms with Crippen LogP contribution in [0, 0.1) is 0 Å². The van der Waals surface area contributed by atoms with Crippen molar-refractivity contribution in [2.45, 2.75) is 6.42 Å². The van der Waals surface area contributed by atoms with E-state index in [1.807, 2.05) is 36.4 Å². The van der Waals surface area contributed by atoms with E-state index in [4.69, 9.17) is 14.2 Å². The molecular formula is C23H25N3O4. The van der Waals surface area contributed by atoms with Crippen LogP contribution in [0.4, 0.5) is 11.5 Å². The van der Waals surface area contributed by atoms with Gasteiger partial charge in [-0.05, 0) is 48.4 Å². The fourth-order valence-electron chi connectivity index (χ4n) is 2.74. The van der Waals surface area contributed by atoms with E-state index in [-0.39, 0.29) is 12.5 Å². The number of aromatic nitrogens is 1. The average molecular weight is 407 g/mol. The van der Waals surface area contributed by atoms with Crippen LogP contribution in [0.25, 0.3) is 0 Å². The third-order valence-electron chi connectivity index (χ3n) is 4.34. The molecule has 0 fully saturated rings. The van der Waals surface area contributed by atoms with Crippen LogP contribution in [0.1, 0.15) is 5.56 Å². The van der Waals surface area contributed by atoms with Gasteiger partial charge in [-0.3, -0.25) is 4.79 Å². The van der Waals surface area contributed by atoms with Gasteiger partial charge in [0.05, 0.1) is 26.1 Å². The molecule has 0 saturated heterocycles. The molecule has 0 spiro atoms. The minimum atomic E-state index is -0.264. The number of hydrogen-bond acceptors (Lipinski definition) is 6. The van der Waals surface area contributed by atoms with E-state index in [2.05, 4.69) is 15.6 Å². The molecule has 0 aliphatic rings. The smallest absolute Gasteiger partial charge is 0.262 e. The summed E-state index contributed by atoms with van der Waals surface area (Å²) in [4.78, 5) is 16.4. The molecule has 0 aliphatic heterocycles. The van der Waals surface area contributed by atoms with Gasteiger partial charge >= 0.3 is 0 Å². The zero-order chi connectivity index (χ0) is 21.2. The Labute approximate surface area is 176 Å². The Morgan fingerprint density at radius 2 is 1.70 bits per heavy atom. The predicted octanol–water partition coefficient (Wildman–Crippen LogP) is 3.77. The number of nitrogens with zero attached hydrogens (tertiary/aromatic N) is 1. The first-order valence-corrected chi connectivity index (χ1v) is 9.56. The summed E-state index contributed by atoms with van der Waals surface area (Å²) in [6.07, 6.45) is 2.48. The van der Waals surface area contributed by atoms with Crippen LogP contribution in [-0.4, -0.2) is 38.3 Å². The second-order valence-corrected chi connectivity index (χ2v) is 6.47. The normalized spacial score (nSPS) is 10.2. The Balaban J connectivity index is 1.41. The highest BCUT2D eigenvalue weighted by Crippen LogP contribution is 2.19. The van der Waals surface area contributed by atoms with E-state index in [1.165, 1.54) is 5.56 Å².